The zero-order chi connectivity index (χ0) is 14.4. The molecule has 1 atom stereocenters. The molecular formula is C17H20FNS. The van der Waals surface area contributed by atoms with E-state index < -0.39 is 0 Å². The highest BCUT2D eigenvalue weighted by atomic mass is 32.2. The topological polar surface area (TPSA) is 12.0 Å². The molecule has 2 aromatic carbocycles. The number of halogens is 1. The molecule has 0 amide bonds. The van der Waals surface area contributed by atoms with Crippen LogP contribution in [-0.4, -0.2) is 6.54 Å². The van der Waals surface area contributed by atoms with E-state index >= 15 is 0 Å². The minimum atomic E-state index is -0.151. The maximum atomic E-state index is 14.2. The largest absolute Gasteiger partial charge is 0.310 e. The molecule has 20 heavy (non-hydrogen) atoms. The van der Waals surface area contributed by atoms with Gasteiger partial charge in [-0.25, -0.2) is 4.39 Å². The highest BCUT2D eigenvalue weighted by molar-refractivity contribution is 7.99. The van der Waals surface area contributed by atoms with E-state index in [1.54, 1.807) is 6.07 Å². The van der Waals surface area contributed by atoms with Gasteiger partial charge in [0.15, 0.2) is 0 Å². The first kappa shape index (κ1) is 15.1. The van der Waals surface area contributed by atoms with Crippen LogP contribution in [0.15, 0.2) is 58.3 Å². The quantitative estimate of drug-likeness (QED) is 0.799. The van der Waals surface area contributed by atoms with Gasteiger partial charge in [0.25, 0.3) is 0 Å². The second-order valence-corrected chi connectivity index (χ2v) is 5.90. The molecule has 1 N–H and O–H groups in total. The van der Waals surface area contributed by atoms with Crippen molar-refractivity contribution in [3.05, 3.63) is 59.9 Å². The van der Waals surface area contributed by atoms with Crippen molar-refractivity contribution in [1.29, 1.82) is 0 Å². The van der Waals surface area contributed by atoms with E-state index in [9.17, 15) is 4.39 Å². The smallest absolute Gasteiger partial charge is 0.137 e. The molecule has 0 spiro atoms. The van der Waals surface area contributed by atoms with E-state index in [2.05, 4.69) is 19.2 Å². The van der Waals surface area contributed by atoms with Crippen molar-refractivity contribution in [2.24, 2.45) is 0 Å². The van der Waals surface area contributed by atoms with Gasteiger partial charge < -0.3 is 5.32 Å². The number of rotatable bonds is 6. The molecule has 0 aliphatic heterocycles. The molecule has 0 saturated carbocycles. The minimum absolute atomic E-state index is 0.151. The van der Waals surface area contributed by atoms with Crippen molar-refractivity contribution in [1.82, 2.24) is 5.32 Å². The number of hydrogen-bond acceptors (Lipinski definition) is 2. The summed E-state index contributed by atoms with van der Waals surface area (Å²) >= 11 is 1.46. The van der Waals surface area contributed by atoms with Gasteiger partial charge in [0, 0.05) is 15.8 Å². The summed E-state index contributed by atoms with van der Waals surface area (Å²) in [6.07, 6.45) is 1.08. The van der Waals surface area contributed by atoms with Gasteiger partial charge in [-0.05, 0) is 49.7 Å². The van der Waals surface area contributed by atoms with E-state index in [-0.39, 0.29) is 11.9 Å². The molecule has 0 radical (unpaired) electrons. The van der Waals surface area contributed by atoms with Crippen molar-refractivity contribution in [3.63, 3.8) is 0 Å². The predicted molar refractivity (Wildman–Crippen MR) is 83.7 cm³/mol. The van der Waals surface area contributed by atoms with Crippen LogP contribution in [0.1, 0.15) is 31.9 Å². The normalized spacial score (nSPS) is 12.3. The van der Waals surface area contributed by atoms with E-state index in [1.807, 2.05) is 42.5 Å². The van der Waals surface area contributed by atoms with Crippen LogP contribution in [0.25, 0.3) is 0 Å². The molecule has 0 heterocycles. The molecule has 0 aliphatic carbocycles. The van der Waals surface area contributed by atoms with Gasteiger partial charge in [-0.1, -0.05) is 43.0 Å². The summed E-state index contributed by atoms with van der Waals surface area (Å²) in [6.45, 7) is 5.14. The van der Waals surface area contributed by atoms with Crippen molar-refractivity contribution >= 4 is 11.8 Å². The van der Waals surface area contributed by atoms with Crippen LogP contribution in [0.5, 0.6) is 0 Å². The summed E-state index contributed by atoms with van der Waals surface area (Å²) in [6, 6.07) is 15.6. The average molecular weight is 289 g/mol. The molecule has 1 nitrogen and oxygen atoms in total. The van der Waals surface area contributed by atoms with E-state index in [1.165, 1.54) is 11.8 Å². The highest BCUT2D eigenvalue weighted by Crippen LogP contribution is 2.30. The summed E-state index contributed by atoms with van der Waals surface area (Å²) in [7, 11) is 0. The second kappa shape index (κ2) is 7.46. The monoisotopic (exact) mass is 289 g/mol. The molecule has 3 heteroatoms. The van der Waals surface area contributed by atoms with E-state index in [0.717, 1.165) is 23.4 Å². The summed E-state index contributed by atoms with van der Waals surface area (Å²) in [5, 5.41) is 3.37. The molecule has 0 saturated heterocycles. The highest BCUT2D eigenvalue weighted by Gasteiger charge is 2.09. The summed E-state index contributed by atoms with van der Waals surface area (Å²) < 4.78 is 14.2. The SMILES string of the molecule is CCCNC(C)c1ccc(Sc2ccccc2)c(F)c1. The van der Waals surface area contributed by atoms with Gasteiger partial charge in [0.1, 0.15) is 5.82 Å². The van der Waals surface area contributed by atoms with Crippen molar-refractivity contribution in [2.45, 2.75) is 36.1 Å². The molecule has 0 bridgehead atoms. The Morgan fingerprint density at radius 3 is 2.55 bits per heavy atom. The maximum Gasteiger partial charge on any atom is 0.137 e. The fourth-order valence-electron chi connectivity index (χ4n) is 1.96. The Bertz CT molecular complexity index is 542. The number of nitrogens with one attached hydrogen (secondary N) is 1. The van der Waals surface area contributed by atoms with Crippen LogP contribution in [0, 0.1) is 5.82 Å². The van der Waals surface area contributed by atoms with E-state index in [4.69, 9.17) is 0 Å². The molecule has 106 valence electrons. The lowest BCUT2D eigenvalue weighted by Crippen LogP contribution is -2.19. The van der Waals surface area contributed by atoms with Gasteiger partial charge in [-0.3, -0.25) is 0 Å². The Morgan fingerprint density at radius 2 is 1.90 bits per heavy atom. The molecule has 2 rings (SSSR count). The summed E-state index contributed by atoms with van der Waals surface area (Å²) in [5.74, 6) is -0.151. The van der Waals surface area contributed by atoms with Gasteiger partial charge in [-0.15, -0.1) is 0 Å². The third kappa shape index (κ3) is 4.09. The van der Waals surface area contributed by atoms with Crippen LogP contribution < -0.4 is 5.32 Å². The van der Waals surface area contributed by atoms with Crippen LogP contribution >= 0.6 is 11.8 Å². The first-order valence-electron chi connectivity index (χ1n) is 6.96. The summed E-state index contributed by atoms with van der Waals surface area (Å²) in [5.41, 5.74) is 0.994. The van der Waals surface area contributed by atoms with Gasteiger partial charge in [-0.2, -0.15) is 0 Å². The van der Waals surface area contributed by atoms with Crippen LogP contribution in [0.3, 0.4) is 0 Å². The Kier molecular flexibility index (Phi) is 5.62. The van der Waals surface area contributed by atoms with Gasteiger partial charge >= 0.3 is 0 Å². The first-order valence-corrected chi connectivity index (χ1v) is 7.78. The van der Waals surface area contributed by atoms with Crippen LogP contribution in [0.2, 0.25) is 0 Å². The lowest BCUT2D eigenvalue weighted by atomic mass is 10.1. The van der Waals surface area contributed by atoms with Crippen molar-refractivity contribution in [2.75, 3.05) is 6.54 Å². The zero-order valence-corrected chi connectivity index (χ0v) is 12.7. The number of hydrogen-bond donors (Lipinski definition) is 1. The Hall–Kier alpha value is -1.32. The Morgan fingerprint density at radius 1 is 1.15 bits per heavy atom. The number of benzene rings is 2. The Balaban J connectivity index is 2.10. The van der Waals surface area contributed by atoms with Gasteiger partial charge in [0.2, 0.25) is 0 Å². The van der Waals surface area contributed by atoms with Crippen LogP contribution in [0.4, 0.5) is 4.39 Å². The zero-order valence-electron chi connectivity index (χ0n) is 11.9. The minimum Gasteiger partial charge on any atom is -0.310 e. The molecular weight excluding hydrogens is 269 g/mol. The summed E-state index contributed by atoms with van der Waals surface area (Å²) in [4.78, 5) is 1.72. The lowest BCUT2D eigenvalue weighted by Gasteiger charge is -2.14. The molecule has 2 aromatic rings. The third-order valence-electron chi connectivity index (χ3n) is 3.13. The lowest BCUT2D eigenvalue weighted by molar-refractivity contribution is 0.556. The van der Waals surface area contributed by atoms with Crippen molar-refractivity contribution in [3.8, 4) is 0 Å². The third-order valence-corrected chi connectivity index (χ3v) is 4.19. The Labute approximate surface area is 124 Å². The molecule has 0 fully saturated rings. The molecule has 0 aliphatic rings. The predicted octanol–water partition coefficient (Wildman–Crippen LogP) is 5.04. The van der Waals surface area contributed by atoms with Crippen LogP contribution in [-0.2, 0) is 0 Å². The maximum absolute atomic E-state index is 14.2. The first-order chi connectivity index (χ1) is 9.70. The average Bonchev–Trinajstić information content (AvgIpc) is 2.48. The van der Waals surface area contributed by atoms with Crippen molar-refractivity contribution < 1.29 is 4.39 Å². The van der Waals surface area contributed by atoms with E-state index in [0.29, 0.717) is 4.90 Å². The standard InChI is InChI=1S/C17H20FNS/c1-3-11-19-13(2)14-9-10-17(16(18)12-14)20-15-7-5-4-6-8-15/h4-10,12-13,19H,3,11H2,1-2H3. The molecule has 1 unspecified atom stereocenters. The molecule has 0 aromatic heterocycles. The fourth-order valence-corrected chi connectivity index (χ4v) is 2.80. The second-order valence-electron chi connectivity index (χ2n) is 4.78. The van der Waals surface area contributed by atoms with Gasteiger partial charge in [0.05, 0.1) is 0 Å². The fraction of sp³-hybridized carbons (Fsp3) is 0.294.